The molecule has 2 aromatic rings. The number of ether oxygens (including phenoxy) is 1. The van der Waals surface area contributed by atoms with Crippen molar-refractivity contribution < 1.29 is 29.6 Å². The van der Waals surface area contributed by atoms with Crippen LogP contribution in [0.2, 0.25) is 0 Å². The fourth-order valence-electron chi connectivity index (χ4n) is 1.58. The molecule has 1 aromatic heterocycles. The minimum atomic E-state index is -1.22. The highest BCUT2D eigenvalue weighted by Crippen LogP contribution is 2.31. The van der Waals surface area contributed by atoms with E-state index in [0.29, 0.717) is 0 Å². The molecule has 114 valence electrons. The highest BCUT2D eigenvalue weighted by molar-refractivity contribution is 5.96. The first kappa shape index (κ1) is 15.1. The topological polar surface area (TPSA) is 129 Å². The average Bonchev–Trinajstić information content (AvgIpc) is 2.47. The molecule has 0 fully saturated rings. The fourth-order valence-corrected chi connectivity index (χ4v) is 1.58. The number of para-hydroxylation sites is 2. The summed E-state index contributed by atoms with van der Waals surface area (Å²) in [5.74, 6) is -2.34. The van der Waals surface area contributed by atoms with Crippen LogP contribution in [0.15, 0.2) is 36.5 Å². The minimum absolute atomic E-state index is 0.0923. The molecule has 8 nitrogen and oxygen atoms in total. The second-order valence-corrected chi connectivity index (χ2v) is 4.18. The predicted molar refractivity (Wildman–Crippen MR) is 74.1 cm³/mol. The van der Waals surface area contributed by atoms with Crippen LogP contribution in [0.4, 0.5) is 0 Å². The Hall–Kier alpha value is -3.29. The van der Waals surface area contributed by atoms with Crippen molar-refractivity contribution in [2.45, 2.75) is 0 Å². The number of benzene rings is 1. The molecule has 0 aliphatic heterocycles. The summed E-state index contributed by atoms with van der Waals surface area (Å²) in [6, 6.07) is 7.34. The molecule has 0 unspecified atom stereocenters. The number of phenols is 1. The lowest BCUT2D eigenvalue weighted by atomic mass is 10.3. The number of carboxylic acid groups (broad SMARTS) is 1. The van der Waals surface area contributed by atoms with Gasteiger partial charge in [0.05, 0.1) is 6.20 Å². The van der Waals surface area contributed by atoms with Gasteiger partial charge in [0.25, 0.3) is 5.91 Å². The van der Waals surface area contributed by atoms with Gasteiger partial charge in [0.15, 0.2) is 22.9 Å². The molecule has 0 aliphatic carbocycles. The standard InChI is InChI=1S/C14H12N2O6/c17-9-3-1-2-4-11(9)22-8-5-10(18)13(15-6-8)14(21)16-7-12(19)20/h1-6,17-18H,7H2,(H,16,21)(H,19,20). The van der Waals surface area contributed by atoms with Gasteiger partial charge in [0, 0.05) is 6.07 Å². The van der Waals surface area contributed by atoms with E-state index in [-0.39, 0.29) is 22.9 Å². The lowest BCUT2D eigenvalue weighted by Crippen LogP contribution is -2.29. The molecule has 0 aliphatic rings. The number of carboxylic acids is 1. The zero-order valence-electron chi connectivity index (χ0n) is 11.2. The largest absolute Gasteiger partial charge is 0.505 e. The first-order chi connectivity index (χ1) is 10.5. The zero-order valence-corrected chi connectivity index (χ0v) is 11.2. The maximum atomic E-state index is 11.6. The molecule has 4 N–H and O–H groups in total. The number of nitrogens with zero attached hydrogens (tertiary/aromatic N) is 1. The van der Waals surface area contributed by atoms with Crippen molar-refractivity contribution in [3.63, 3.8) is 0 Å². The molecule has 1 heterocycles. The Kier molecular flexibility index (Phi) is 4.42. The van der Waals surface area contributed by atoms with E-state index in [1.807, 2.05) is 0 Å². The third-order valence-corrected chi connectivity index (χ3v) is 2.55. The van der Waals surface area contributed by atoms with Crippen LogP contribution in [0.25, 0.3) is 0 Å². The Labute approximate surface area is 124 Å². The van der Waals surface area contributed by atoms with Crippen LogP contribution in [0, 0.1) is 0 Å². The first-order valence-corrected chi connectivity index (χ1v) is 6.12. The molecular formula is C14H12N2O6. The van der Waals surface area contributed by atoms with Crippen LogP contribution in [-0.2, 0) is 4.79 Å². The van der Waals surface area contributed by atoms with Gasteiger partial charge in [-0.2, -0.15) is 0 Å². The van der Waals surface area contributed by atoms with E-state index in [1.165, 1.54) is 18.3 Å². The molecule has 1 aromatic carbocycles. The number of aromatic nitrogens is 1. The summed E-state index contributed by atoms with van der Waals surface area (Å²) in [4.78, 5) is 25.7. The summed E-state index contributed by atoms with van der Waals surface area (Å²) in [5.41, 5.74) is -0.328. The van der Waals surface area contributed by atoms with Gasteiger partial charge in [-0.3, -0.25) is 9.59 Å². The molecule has 0 spiro atoms. The summed E-state index contributed by atoms with van der Waals surface area (Å²) in [5, 5.41) is 29.9. The minimum Gasteiger partial charge on any atom is -0.505 e. The number of hydrogen-bond acceptors (Lipinski definition) is 6. The number of hydrogen-bond donors (Lipinski definition) is 4. The van der Waals surface area contributed by atoms with Crippen molar-refractivity contribution >= 4 is 11.9 Å². The second kappa shape index (κ2) is 6.44. The van der Waals surface area contributed by atoms with E-state index < -0.39 is 24.2 Å². The van der Waals surface area contributed by atoms with Gasteiger partial charge < -0.3 is 25.4 Å². The third kappa shape index (κ3) is 3.63. The summed E-state index contributed by atoms with van der Waals surface area (Å²) >= 11 is 0. The Morgan fingerprint density at radius 2 is 1.91 bits per heavy atom. The van der Waals surface area contributed by atoms with E-state index in [2.05, 4.69) is 10.3 Å². The number of phenolic OH excluding ortho intramolecular Hbond substituents is 1. The monoisotopic (exact) mass is 304 g/mol. The van der Waals surface area contributed by atoms with Crippen LogP contribution < -0.4 is 10.1 Å². The molecular weight excluding hydrogens is 292 g/mol. The van der Waals surface area contributed by atoms with Gasteiger partial charge in [0.1, 0.15) is 12.3 Å². The van der Waals surface area contributed by atoms with E-state index in [0.717, 1.165) is 6.07 Å². The number of rotatable bonds is 5. The lowest BCUT2D eigenvalue weighted by molar-refractivity contribution is -0.135. The van der Waals surface area contributed by atoms with Crippen molar-refractivity contribution in [1.82, 2.24) is 10.3 Å². The Morgan fingerprint density at radius 3 is 2.55 bits per heavy atom. The summed E-state index contributed by atoms with van der Waals surface area (Å²) in [6.07, 6.45) is 1.17. The van der Waals surface area contributed by atoms with Crippen LogP contribution in [0.3, 0.4) is 0 Å². The Balaban J connectivity index is 2.14. The number of aromatic hydroxyl groups is 2. The van der Waals surface area contributed by atoms with E-state index in [4.69, 9.17) is 9.84 Å². The van der Waals surface area contributed by atoms with Gasteiger partial charge in [-0.15, -0.1) is 0 Å². The SMILES string of the molecule is O=C(O)CNC(=O)c1ncc(Oc2ccccc2O)cc1O. The molecule has 8 heteroatoms. The molecule has 0 saturated heterocycles. The Bertz CT molecular complexity index is 716. The molecule has 2 rings (SSSR count). The zero-order chi connectivity index (χ0) is 16.1. The normalized spacial score (nSPS) is 10.0. The highest BCUT2D eigenvalue weighted by atomic mass is 16.5. The number of aliphatic carboxylic acids is 1. The van der Waals surface area contributed by atoms with Crippen LogP contribution in [0.1, 0.15) is 10.5 Å². The molecule has 1 amide bonds. The van der Waals surface area contributed by atoms with Crippen molar-refractivity contribution in [2.75, 3.05) is 6.54 Å². The van der Waals surface area contributed by atoms with Crippen LogP contribution in [-0.4, -0.2) is 38.7 Å². The van der Waals surface area contributed by atoms with Gasteiger partial charge in [-0.05, 0) is 12.1 Å². The number of pyridine rings is 1. The summed E-state index contributed by atoms with van der Waals surface area (Å²) in [7, 11) is 0. The van der Waals surface area contributed by atoms with Crippen molar-refractivity contribution in [1.29, 1.82) is 0 Å². The predicted octanol–water partition coefficient (Wildman–Crippen LogP) is 1.10. The first-order valence-electron chi connectivity index (χ1n) is 6.12. The highest BCUT2D eigenvalue weighted by Gasteiger charge is 2.15. The number of nitrogens with one attached hydrogen (secondary N) is 1. The number of carbonyl (C=O) groups is 2. The van der Waals surface area contributed by atoms with Crippen molar-refractivity contribution in [2.24, 2.45) is 0 Å². The van der Waals surface area contributed by atoms with E-state index in [1.54, 1.807) is 12.1 Å². The van der Waals surface area contributed by atoms with Gasteiger partial charge in [0.2, 0.25) is 0 Å². The third-order valence-electron chi connectivity index (χ3n) is 2.55. The van der Waals surface area contributed by atoms with Gasteiger partial charge in [-0.25, -0.2) is 4.98 Å². The molecule has 22 heavy (non-hydrogen) atoms. The number of amides is 1. The second-order valence-electron chi connectivity index (χ2n) is 4.18. The van der Waals surface area contributed by atoms with Crippen molar-refractivity contribution in [3.8, 4) is 23.0 Å². The maximum absolute atomic E-state index is 11.6. The molecule has 0 radical (unpaired) electrons. The smallest absolute Gasteiger partial charge is 0.322 e. The van der Waals surface area contributed by atoms with Crippen molar-refractivity contribution in [3.05, 3.63) is 42.2 Å². The Morgan fingerprint density at radius 1 is 1.18 bits per heavy atom. The van der Waals surface area contributed by atoms with Gasteiger partial charge in [-0.1, -0.05) is 12.1 Å². The lowest BCUT2D eigenvalue weighted by Gasteiger charge is -2.09. The van der Waals surface area contributed by atoms with E-state index >= 15 is 0 Å². The summed E-state index contributed by atoms with van der Waals surface area (Å²) < 4.78 is 5.32. The van der Waals surface area contributed by atoms with Gasteiger partial charge >= 0.3 is 5.97 Å². The quantitative estimate of drug-likeness (QED) is 0.651. The molecule has 0 saturated carbocycles. The average molecular weight is 304 g/mol. The summed E-state index contributed by atoms with van der Waals surface area (Å²) in [6.45, 7) is -0.587. The van der Waals surface area contributed by atoms with Crippen LogP contribution in [0.5, 0.6) is 23.0 Å². The van der Waals surface area contributed by atoms with E-state index in [9.17, 15) is 19.8 Å². The molecule has 0 atom stereocenters. The maximum Gasteiger partial charge on any atom is 0.322 e. The van der Waals surface area contributed by atoms with Crippen LogP contribution >= 0.6 is 0 Å². The molecule has 0 bridgehead atoms. The number of carbonyl (C=O) groups excluding carboxylic acids is 1. The fraction of sp³-hybridized carbons (Fsp3) is 0.0714.